The molecular formula is C10H14Cl2N2. The van der Waals surface area contributed by atoms with Crippen molar-refractivity contribution in [3.63, 3.8) is 0 Å². The van der Waals surface area contributed by atoms with E-state index in [1.54, 1.807) is 6.20 Å². The Kier molecular flexibility index (Phi) is 4.66. The van der Waals surface area contributed by atoms with E-state index in [4.69, 9.17) is 11.6 Å². The Morgan fingerprint density at radius 3 is 2.93 bits per heavy atom. The highest BCUT2D eigenvalue weighted by atomic mass is 35.5. The van der Waals surface area contributed by atoms with Gasteiger partial charge >= 0.3 is 0 Å². The molecule has 0 radical (unpaired) electrons. The van der Waals surface area contributed by atoms with E-state index in [0.717, 1.165) is 12.1 Å². The minimum atomic E-state index is 0. The topological polar surface area (TPSA) is 24.9 Å². The van der Waals surface area contributed by atoms with Crippen LogP contribution in [-0.4, -0.2) is 11.5 Å². The molecule has 2 rings (SSSR count). The van der Waals surface area contributed by atoms with Crippen LogP contribution >= 0.6 is 24.0 Å². The Morgan fingerprint density at radius 1 is 1.43 bits per heavy atom. The van der Waals surface area contributed by atoms with Crippen LogP contribution in [0.5, 0.6) is 0 Å². The summed E-state index contributed by atoms with van der Waals surface area (Å²) in [6.45, 7) is 1.09. The van der Waals surface area contributed by atoms with E-state index in [2.05, 4.69) is 16.4 Å². The summed E-state index contributed by atoms with van der Waals surface area (Å²) in [5, 5.41) is 4.09. The molecule has 14 heavy (non-hydrogen) atoms. The van der Waals surface area contributed by atoms with Gasteiger partial charge in [-0.25, -0.2) is 4.98 Å². The molecule has 2 heterocycles. The van der Waals surface area contributed by atoms with Crippen molar-refractivity contribution in [3.05, 3.63) is 29.0 Å². The van der Waals surface area contributed by atoms with Crippen molar-refractivity contribution < 1.29 is 0 Å². The van der Waals surface area contributed by atoms with Crippen LogP contribution in [0.4, 0.5) is 0 Å². The summed E-state index contributed by atoms with van der Waals surface area (Å²) in [5.41, 5.74) is 1.14. The van der Waals surface area contributed by atoms with E-state index in [1.165, 1.54) is 19.3 Å². The van der Waals surface area contributed by atoms with Gasteiger partial charge in [-0.15, -0.1) is 12.4 Å². The predicted octanol–water partition coefficient (Wildman–Crippen LogP) is 2.97. The number of hydrogen-bond donors (Lipinski definition) is 1. The lowest BCUT2D eigenvalue weighted by molar-refractivity contribution is 0.412. The Morgan fingerprint density at radius 2 is 2.29 bits per heavy atom. The van der Waals surface area contributed by atoms with Gasteiger partial charge in [-0.05, 0) is 25.5 Å². The first-order chi connectivity index (χ1) is 6.38. The summed E-state index contributed by atoms with van der Waals surface area (Å²) in [5.74, 6) is 0. The molecule has 0 saturated carbocycles. The highest BCUT2D eigenvalue weighted by molar-refractivity contribution is 6.30. The zero-order valence-corrected chi connectivity index (χ0v) is 9.44. The molecule has 1 N–H and O–H groups in total. The molecule has 0 amide bonds. The molecular weight excluding hydrogens is 219 g/mol. The highest BCUT2D eigenvalue weighted by Crippen LogP contribution is 2.26. The Hall–Kier alpha value is -0.310. The molecule has 1 fully saturated rings. The van der Waals surface area contributed by atoms with E-state index in [0.29, 0.717) is 11.2 Å². The van der Waals surface area contributed by atoms with Crippen LogP contribution in [0.1, 0.15) is 30.9 Å². The zero-order valence-electron chi connectivity index (χ0n) is 7.87. The van der Waals surface area contributed by atoms with Gasteiger partial charge in [0.2, 0.25) is 0 Å². The Bertz CT molecular complexity index is 285. The van der Waals surface area contributed by atoms with Gasteiger partial charge in [-0.2, -0.15) is 0 Å². The zero-order chi connectivity index (χ0) is 9.10. The third-order valence-electron chi connectivity index (χ3n) is 2.47. The van der Waals surface area contributed by atoms with Gasteiger partial charge < -0.3 is 5.32 Å². The maximum absolute atomic E-state index is 6.01. The van der Waals surface area contributed by atoms with Gasteiger partial charge in [-0.3, -0.25) is 0 Å². The molecule has 0 bridgehead atoms. The second-order valence-electron chi connectivity index (χ2n) is 3.39. The molecule has 1 aliphatic heterocycles. The Labute approximate surface area is 95.5 Å². The molecule has 4 heteroatoms. The van der Waals surface area contributed by atoms with Crippen molar-refractivity contribution in [2.45, 2.75) is 25.3 Å². The van der Waals surface area contributed by atoms with E-state index < -0.39 is 0 Å². The first-order valence-corrected chi connectivity index (χ1v) is 5.09. The average molecular weight is 233 g/mol. The number of hydrogen-bond acceptors (Lipinski definition) is 2. The van der Waals surface area contributed by atoms with E-state index in [9.17, 15) is 0 Å². The van der Waals surface area contributed by atoms with Crippen LogP contribution < -0.4 is 5.32 Å². The van der Waals surface area contributed by atoms with Gasteiger partial charge in [0.05, 0.1) is 0 Å². The molecule has 0 spiro atoms. The van der Waals surface area contributed by atoms with E-state index in [1.807, 2.05) is 6.07 Å². The number of nitrogens with zero attached hydrogens (tertiary/aromatic N) is 1. The van der Waals surface area contributed by atoms with Gasteiger partial charge in [0, 0.05) is 17.8 Å². The fourth-order valence-corrected chi connectivity index (χ4v) is 2.03. The second kappa shape index (κ2) is 5.54. The summed E-state index contributed by atoms with van der Waals surface area (Å²) in [6.07, 6.45) is 5.46. The highest BCUT2D eigenvalue weighted by Gasteiger charge is 2.16. The number of piperidine rings is 1. The Balaban J connectivity index is 0.000000980. The van der Waals surface area contributed by atoms with Crippen molar-refractivity contribution in [3.8, 4) is 0 Å². The lowest BCUT2D eigenvalue weighted by Crippen LogP contribution is -2.27. The van der Waals surface area contributed by atoms with E-state index in [-0.39, 0.29) is 12.4 Å². The molecule has 1 atom stereocenters. The van der Waals surface area contributed by atoms with Crippen LogP contribution in [0, 0.1) is 0 Å². The largest absolute Gasteiger partial charge is 0.310 e. The average Bonchev–Trinajstić information content (AvgIpc) is 2.20. The van der Waals surface area contributed by atoms with Crippen molar-refractivity contribution in [2.75, 3.05) is 6.54 Å². The summed E-state index contributed by atoms with van der Waals surface area (Å²) >= 11 is 6.01. The molecule has 0 aliphatic carbocycles. The summed E-state index contributed by atoms with van der Waals surface area (Å²) < 4.78 is 0. The minimum absolute atomic E-state index is 0. The molecule has 1 aromatic rings. The number of rotatable bonds is 1. The molecule has 78 valence electrons. The smallest absolute Gasteiger partial charge is 0.133 e. The van der Waals surface area contributed by atoms with Crippen LogP contribution in [0.25, 0.3) is 0 Å². The van der Waals surface area contributed by atoms with Gasteiger partial charge in [0.15, 0.2) is 0 Å². The van der Waals surface area contributed by atoms with Gasteiger partial charge in [0.1, 0.15) is 5.15 Å². The molecule has 2 nitrogen and oxygen atoms in total. The maximum Gasteiger partial charge on any atom is 0.133 e. The molecule has 1 aliphatic rings. The van der Waals surface area contributed by atoms with E-state index >= 15 is 0 Å². The SMILES string of the molecule is Cl.Clc1ncccc1[C@@H]1CCCCN1. The number of pyridine rings is 1. The normalized spacial score (nSPS) is 21.4. The third-order valence-corrected chi connectivity index (χ3v) is 2.79. The fourth-order valence-electron chi connectivity index (χ4n) is 1.78. The first-order valence-electron chi connectivity index (χ1n) is 4.72. The standard InChI is InChI=1S/C10H13ClN2.ClH/c11-10-8(4-3-7-13-10)9-5-1-2-6-12-9;/h3-4,7,9,12H,1-2,5-6H2;1H/t9-;/m0./s1. The quantitative estimate of drug-likeness (QED) is 0.754. The van der Waals surface area contributed by atoms with Crippen LogP contribution in [-0.2, 0) is 0 Å². The molecule has 1 aromatic heterocycles. The monoisotopic (exact) mass is 232 g/mol. The fraction of sp³-hybridized carbons (Fsp3) is 0.500. The summed E-state index contributed by atoms with van der Waals surface area (Å²) in [6, 6.07) is 4.41. The first kappa shape index (κ1) is 11.8. The van der Waals surface area contributed by atoms with Gasteiger partial charge in [0.25, 0.3) is 0 Å². The summed E-state index contributed by atoms with van der Waals surface area (Å²) in [4.78, 5) is 4.08. The van der Waals surface area contributed by atoms with Crippen molar-refractivity contribution >= 4 is 24.0 Å². The van der Waals surface area contributed by atoms with Crippen LogP contribution in [0.3, 0.4) is 0 Å². The number of nitrogens with one attached hydrogen (secondary N) is 1. The van der Waals surface area contributed by atoms with Crippen molar-refractivity contribution in [2.24, 2.45) is 0 Å². The molecule has 1 saturated heterocycles. The lowest BCUT2D eigenvalue weighted by Gasteiger charge is -2.23. The third kappa shape index (κ3) is 2.59. The molecule has 0 aromatic carbocycles. The second-order valence-corrected chi connectivity index (χ2v) is 3.74. The summed E-state index contributed by atoms with van der Waals surface area (Å²) in [7, 11) is 0. The predicted molar refractivity (Wildman–Crippen MR) is 61.1 cm³/mol. The van der Waals surface area contributed by atoms with Crippen molar-refractivity contribution in [1.82, 2.24) is 10.3 Å². The number of halogens is 2. The molecule has 0 unspecified atom stereocenters. The number of aromatic nitrogens is 1. The van der Waals surface area contributed by atoms with Crippen molar-refractivity contribution in [1.29, 1.82) is 0 Å². The lowest BCUT2D eigenvalue weighted by atomic mass is 9.99. The van der Waals surface area contributed by atoms with Gasteiger partial charge in [-0.1, -0.05) is 24.1 Å². The van der Waals surface area contributed by atoms with Crippen LogP contribution in [0.15, 0.2) is 18.3 Å². The maximum atomic E-state index is 6.01. The minimum Gasteiger partial charge on any atom is -0.310 e. The van der Waals surface area contributed by atoms with Crippen LogP contribution in [0.2, 0.25) is 5.15 Å².